The van der Waals surface area contributed by atoms with Crippen molar-refractivity contribution < 1.29 is 10.2 Å². The van der Waals surface area contributed by atoms with Gasteiger partial charge in [0.05, 0.1) is 12.6 Å². The molecular weight excluding hydrogens is 134 g/mol. The van der Waals surface area contributed by atoms with Crippen LogP contribution < -0.4 is 16.8 Å². The van der Waals surface area contributed by atoms with E-state index in [1.807, 2.05) is 0 Å². The number of aliphatic hydroxyl groups is 2. The van der Waals surface area contributed by atoms with E-state index in [1.54, 1.807) is 0 Å². The van der Waals surface area contributed by atoms with Crippen molar-refractivity contribution in [2.45, 2.75) is 12.3 Å². The molecule has 0 fully saturated rings. The first-order chi connectivity index (χ1) is 4.72. The lowest BCUT2D eigenvalue weighted by Gasteiger charge is -2.17. The lowest BCUT2D eigenvalue weighted by atomic mass is 10.3. The number of hydrogen-bond acceptors (Lipinski definition) is 5. The Bertz CT molecular complexity index is 79.3. The van der Waals surface area contributed by atoms with Crippen molar-refractivity contribution in [2.24, 2.45) is 11.5 Å². The van der Waals surface area contributed by atoms with Crippen molar-refractivity contribution >= 4 is 0 Å². The first-order valence-corrected chi connectivity index (χ1v) is 3.20. The molecular formula is C5H15N3O2. The van der Waals surface area contributed by atoms with Crippen LogP contribution in [0.25, 0.3) is 0 Å². The van der Waals surface area contributed by atoms with Gasteiger partial charge in [0.1, 0.15) is 6.23 Å². The standard InChI is InChI=1S/C5H15N3O2/c6-1-2-8-4(3-9)5(7)10/h4-5,8-10H,1-3,6-7H2. The van der Waals surface area contributed by atoms with Crippen LogP contribution >= 0.6 is 0 Å². The van der Waals surface area contributed by atoms with Gasteiger partial charge in [-0.2, -0.15) is 0 Å². The third kappa shape index (κ3) is 3.76. The number of nitrogens with two attached hydrogens (primary N) is 2. The van der Waals surface area contributed by atoms with Gasteiger partial charge in [-0.25, -0.2) is 0 Å². The van der Waals surface area contributed by atoms with E-state index in [1.165, 1.54) is 0 Å². The highest BCUT2D eigenvalue weighted by molar-refractivity contribution is 4.69. The van der Waals surface area contributed by atoms with E-state index in [0.29, 0.717) is 13.1 Å². The summed E-state index contributed by atoms with van der Waals surface area (Å²) >= 11 is 0. The maximum Gasteiger partial charge on any atom is 0.120 e. The van der Waals surface area contributed by atoms with Crippen LogP contribution in [-0.4, -0.2) is 42.2 Å². The molecule has 0 aromatic rings. The lowest BCUT2D eigenvalue weighted by molar-refractivity contribution is 0.0956. The molecule has 0 radical (unpaired) electrons. The van der Waals surface area contributed by atoms with E-state index in [-0.39, 0.29) is 6.61 Å². The minimum absolute atomic E-state index is 0.183. The summed E-state index contributed by atoms with van der Waals surface area (Å²) in [6.07, 6.45) is -1.03. The molecule has 5 heteroatoms. The molecule has 2 unspecified atom stereocenters. The topological polar surface area (TPSA) is 105 Å². The Balaban J connectivity index is 3.40. The van der Waals surface area contributed by atoms with Crippen LogP contribution in [-0.2, 0) is 0 Å². The molecule has 0 aromatic carbocycles. The van der Waals surface area contributed by atoms with Crippen LogP contribution in [0.2, 0.25) is 0 Å². The van der Waals surface area contributed by atoms with E-state index in [9.17, 15) is 0 Å². The second-order valence-electron chi connectivity index (χ2n) is 2.02. The highest BCUT2D eigenvalue weighted by Crippen LogP contribution is 1.82. The van der Waals surface area contributed by atoms with E-state index in [2.05, 4.69) is 5.32 Å². The molecule has 0 aromatic heterocycles. The molecule has 0 amide bonds. The summed E-state index contributed by atoms with van der Waals surface area (Å²) in [7, 11) is 0. The van der Waals surface area contributed by atoms with Gasteiger partial charge < -0.3 is 27.0 Å². The highest BCUT2D eigenvalue weighted by atomic mass is 16.3. The predicted molar refractivity (Wildman–Crippen MR) is 38.1 cm³/mol. The summed E-state index contributed by atoms with van der Waals surface area (Å²) in [5.74, 6) is 0. The molecule has 0 aliphatic heterocycles. The van der Waals surface area contributed by atoms with Gasteiger partial charge in [0, 0.05) is 13.1 Å². The summed E-state index contributed by atoms with van der Waals surface area (Å²) in [5.41, 5.74) is 10.2. The van der Waals surface area contributed by atoms with Gasteiger partial charge in [-0.05, 0) is 0 Å². The van der Waals surface area contributed by atoms with Gasteiger partial charge in [-0.3, -0.25) is 0 Å². The van der Waals surface area contributed by atoms with Gasteiger partial charge in [0.15, 0.2) is 0 Å². The normalized spacial score (nSPS) is 16.8. The monoisotopic (exact) mass is 149 g/mol. The van der Waals surface area contributed by atoms with Gasteiger partial charge in [-0.15, -0.1) is 0 Å². The molecule has 0 bridgehead atoms. The first kappa shape index (κ1) is 9.80. The maximum atomic E-state index is 8.75. The number of rotatable bonds is 5. The SMILES string of the molecule is NCCNC(CO)C(N)O. The Labute approximate surface area is 60.0 Å². The molecule has 62 valence electrons. The van der Waals surface area contributed by atoms with Crippen molar-refractivity contribution in [3.8, 4) is 0 Å². The molecule has 10 heavy (non-hydrogen) atoms. The Hall–Kier alpha value is -0.200. The van der Waals surface area contributed by atoms with Gasteiger partial charge in [-0.1, -0.05) is 0 Å². The van der Waals surface area contributed by atoms with Crippen molar-refractivity contribution in [2.75, 3.05) is 19.7 Å². The third-order valence-corrected chi connectivity index (χ3v) is 1.16. The lowest BCUT2D eigenvalue weighted by Crippen LogP contribution is -2.48. The van der Waals surface area contributed by atoms with Crippen LogP contribution in [0.1, 0.15) is 0 Å². The zero-order chi connectivity index (χ0) is 7.98. The molecule has 0 saturated heterocycles. The van der Waals surface area contributed by atoms with Crippen LogP contribution in [0.3, 0.4) is 0 Å². The molecule has 7 N–H and O–H groups in total. The molecule has 0 heterocycles. The predicted octanol–water partition coefficient (Wildman–Crippen LogP) is -2.83. The van der Waals surface area contributed by atoms with E-state index in [4.69, 9.17) is 21.7 Å². The highest BCUT2D eigenvalue weighted by Gasteiger charge is 2.11. The number of aliphatic hydroxyl groups excluding tert-OH is 2. The zero-order valence-electron chi connectivity index (χ0n) is 5.83. The fourth-order valence-corrected chi connectivity index (χ4v) is 0.562. The average molecular weight is 149 g/mol. The summed E-state index contributed by atoms with van der Waals surface area (Å²) in [5, 5.41) is 20.1. The van der Waals surface area contributed by atoms with E-state index < -0.39 is 12.3 Å². The quantitative estimate of drug-likeness (QED) is 0.271. The fraction of sp³-hybridized carbons (Fsp3) is 1.00. The van der Waals surface area contributed by atoms with Crippen LogP contribution in [0.15, 0.2) is 0 Å². The molecule has 0 rings (SSSR count). The number of hydrogen-bond donors (Lipinski definition) is 5. The molecule has 0 spiro atoms. The molecule has 0 aliphatic carbocycles. The Morgan fingerprint density at radius 3 is 2.40 bits per heavy atom. The third-order valence-electron chi connectivity index (χ3n) is 1.16. The summed E-state index contributed by atoms with van der Waals surface area (Å²) in [4.78, 5) is 0. The van der Waals surface area contributed by atoms with Crippen molar-refractivity contribution in [3.63, 3.8) is 0 Å². The van der Waals surface area contributed by atoms with Crippen LogP contribution in [0.4, 0.5) is 0 Å². The minimum Gasteiger partial charge on any atom is -0.395 e. The largest absolute Gasteiger partial charge is 0.395 e. The minimum atomic E-state index is -1.03. The molecule has 0 saturated carbocycles. The average Bonchev–Trinajstić information content (AvgIpc) is 1.89. The van der Waals surface area contributed by atoms with Gasteiger partial charge in [0.2, 0.25) is 0 Å². The molecule has 2 atom stereocenters. The van der Waals surface area contributed by atoms with E-state index in [0.717, 1.165) is 0 Å². The fourth-order valence-electron chi connectivity index (χ4n) is 0.562. The van der Waals surface area contributed by atoms with Crippen LogP contribution in [0, 0.1) is 0 Å². The van der Waals surface area contributed by atoms with E-state index >= 15 is 0 Å². The Morgan fingerprint density at radius 2 is 2.10 bits per heavy atom. The Morgan fingerprint density at radius 1 is 1.50 bits per heavy atom. The van der Waals surface area contributed by atoms with Crippen LogP contribution in [0.5, 0.6) is 0 Å². The molecule has 5 nitrogen and oxygen atoms in total. The van der Waals surface area contributed by atoms with Gasteiger partial charge >= 0.3 is 0 Å². The number of nitrogens with one attached hydrogen (secondary N) is 1. The maximum absolute atomic E-state index is 8.75. The van der Waals surface area contributed by atoms with Crippen molar-refractivity contribution in [1.82, 2.24) is 5.32 Å². The Kier molecular flexibility index (Phi) is 5.46. The zero-order valence-corrected chi connectivity index (χ0v) is 5.83. The van der Waals surface area contributed by atoms with Crippen molar-refractivity contribution in [3.05, 3.63) is 0 Å². The summed E-state index contributed by atoms with van der Waals surface area (Å²) in [6, 6.07) is -0.469. The smallest absolute Gasteiger partial charge is 0.120 e. The summed E-state index contributed by atoms with van der Waals surface area (Å²) in [6.45, 7) is 0.820. The molecule has 0 aliphatic rings. The summed E-state index contributed by atoms with van der Waals surface area (Å²) < 4.78 is 0. The van der Waals surface area contributed by atoms with Crippen molar-refractivity contribution in [1.29, 1.82) is 0 Å². The second-order valence-corrected chi connectivity index (χ2v) is 2.02. The van der Waals surface area contributed by atoms with Gasteiger partial charge in [0.25, 0.3) is 0 Å². The second kappa shape index (κ2) is 5.57. The first-order valence-electron chi connectivity index (χ1n) is 3.20.